The van der Waals surface area contributed by atoms with Crippen molar-refractivity contribution in [2.75, 3.05) is 20.3 Å². The molecule has 0 aromatic heterocycles. The predicted molar refractivity (Wildman–Crippen MR) is 144 cm³/mol. The Morgan fingerprint density at radius 1 is 0.833 bits per heavy atom. The number of hydrogen-bond donors (Lipinski definition) is 0. The third-order valence-electron chi connectivity index (χ3n) is 7.56. The highest BCUT2D eigenvalue weighted by Gasteiger charge is 2.45. The highest BCUT2D eigenvalue weighted by molar-refractivity contribution is 6.77. The molecule has 194 valence electrons. The van der Waals surface area contributed by atoms with Crippen molar-refractivity contribution in [2.45, 2.75) is 70.5 Å². The van der Waals surface area contributed by atoms with Gasteiger partial charge in [-0.1, -0.05) is 77.9 Å². The van der Waals surface area contributed by atoms with Crippen molar-refractivity contribution in [1.82, 2.24) is 4.90 Å². The van der Waals surface area contributed by atoms with Crippen LogP contribution in [0.25, 0.3) is 0 Å². The number of fused-ring (bicyclic) bond motifs is 1. The molecule has 1 aliphatic heterocycles. The van der Waals surface area contributed by atoms with Crippen molar-refractivity contribution in [3.63, 3.8) is 0 Å². The van der Waals surface area contributed by atoms with E-state index in [1.54, 1.807) is 24.3 Å². The molecular formula is C29H39NO5Si. The molecule has 0 fully saturated rings. The zero-order valence-electron chi connectivity index (χ0n) is 22.5. The molecule has 1 heterocycles. The van der Waals surface area contributed by atoms with Gasteiger partial charge in [0.15, 0.2) is 8.32 Å². The monoisotopic (exact) mass is 509 g/mol. The quantitative estimate of drug-likeness (QED) is 0.212. The summed E-state index contributed by atoms with van der Waals surface area (Å²) < 4.78 is 11.7. The van der Waals surface area contributed by atoms with Crippen LogP contribution < -0.4 is 0 Å². The second-order valence-electron chi connectivity index (χ2n) is 10.5. The first-order valence-electron chi connectivity index (χ1n) is 12.8. The van der Waals surface area contributed by atoms with E-state index in [2.05, 4.69) is 41.5 Å². The Morgan fingerprint density at radius 3 is 1.78 bits per heavy atom. The summed E-state index contributed by atoms with van der Waals surface area (Å²) in [5.41, 5.74) is 4.14. The van der Waals surface area contributed by atoms with E-state index in [-0.39, 0.29) is 18.4 Å². The number of imide groups is 1. The van der Waals surface area contributed by atoms with E-state index in [1.807, 2.05) is 24.3 Å². The fourth-order valence-corrected chi connectivity index (χ4v) is 11.3. The zero-order valence-corrected chi connectivity index (χ0v) is 23.5. The molecule has 1 atom stereocenters. The lowest BCUT2D eigenvalue weighted by Gasteiger charge is -2.42. The average molecular weight is 510 g/mol. The molecule has 2 amide bonds. The summed E-state index contributed by atoms with van der Waals surface area (Å²) >= 11 is 0. The number of nitrogens with zero attached hydrogens (tertiary/aromatic N) is 1. The normalized spacial score (nSPS) is 14.7. The SMILES string of the molecule is COC(=O)C(CN1C(=O)c2ccccc2C1=O)c1ccc(CCO[Si](C(C)C)(C(C)C)C(C)C)cc1. The van der Waals surface area contributed by atoms with Crippen LogP contribution in [0.5, 0.6) is 0 Å². The molecule has 0 bridgehead atoms. The molecule has 6 nitrogen and oxygen atoms in total. The number of amides is 2. The van der Waals surface area contributed by atoms with Gasteiger partial charge >= 0.3 is 5.97 Å². The molecule has 7 heteroatoms. The van der Waals surface area contributed by atoms with Gasteiger partial charge in [0.2, 0.25) is 0 Å². The minimum Gasteiger partial charge on any atom is -0.468 e. The number of rotatable bonds is 11. The van der Waals surface area contributed by atoms with Gasteiger partial charge in [0.05, 0.1) is 24.2 Å². The molecule has 0 N–H and O–H groups in total. The lowest BCUT2D eigenvalue weighted by molar-refractivity contribution is -0.142. The first-order chi connectivity index (χ1) is 17.0. The number of esters is 1. The van der Waals surface area contributed by atoms with Crippen molar-refractivity contribution in [3.05, 3.63) is 70.8 Å². The predicted octanol–water partition coefficient (Wildman–Crippen LogP) is 5.97. The Balaban J connectivity index is 1.72. The number of carbonyl (C=O) groups is 3. The maximum Gasteiger partial charge on any atom is 0.314 e. The number of ether oxygens (including phenoxy) is 1. The van der Waals surface area contributed by atoms with E-state index in [1.165, 1.54) is 7.11 Å². The summed E-state index contributed by atoms with van der Waals surface area (Å²) in [6.45, 7) is 14.3. The van der Waals surface area contributed by atoms with Crippen LogP contribution in [0.1, 0.15) is 79.3 Å². The summed E-state index contributed by atoms with van der Waals surface area (Å²) in [7, 11) is -0.604. The smallest absolute Gasteiger partial charge is 0.314 e. The molecule has 2 aromatic carbocycles. The van der Waals surface area contributed by atoms with E-state index in [9.17, 15) is 14.4 Å². The van der Waals surface area contributed by atoms with E-state index in [0.29, 0.717) is 39.9 Å². The Labute approximate surface area is 216 Å². The van der Waals surface area contributed by atoms with E-state index in [4.69, 9.17) is 9.16 Å². The molecule has 0 saturated carbocycles. The highest BCUT2D eigenvalue weighted by Crippen LogP contribution is 2.42. The second-order valence-corrected chi connectivity index (χ2v) is 16.0. The summed E-state index contributed by atoms with van der Waals surface area (Å²) in [4.78, 5) is 39.4. The average Bonchev–Trinajstić information content (AvgIpc) is 3.09. The van der Waals surface area contributed by atoms with Crippen LogP contribution in [0.15, 0.2) is 48.5 Å². The van der Waals surface area contributed by atoms with Gasteiger partial charge in [-0.05, 0) is 46.3 Å². The van der Waals surface area contributed by atoms with Crippen LogP contribution in [-0.2, 0) is 20.4 Å². The fraction of sp³-hybridized carbons (Fsp3) is 0.483. The lowest BCUT2D eigenvalue weighted by Crippen LogP contribution is -2.48. The lowest BCUT2D eigenvalue weighted by atomic mass is 9.96. The van der Waals surface area contributed by atoms with Crippen molar-refractivity contribution >= 4 is 26.1 Å². The van der Waals surface area contributed by atoms with Crippen molar-refractivity contribution < 1.29 is 23.5 Å². The first kappa shape index (κ1) is 27.8. The van der Waals surface area contributed by atoms with Gasteiger partial charge in [-0.15, -0.1) is 0 Å². The molecule has 2 aromatic rings. The second kappa shape index (κ2) is 11.5. The Morgan fingerprint density at radius 2 is 1.33 bits per heavy atom. The Bertz CT molecular complexity index is 1040. The van der Waals surface area contributed by atoms with Gasteiger partial charge in [-0.25, -0.2) is 0 Å². The molecule has 0 spiro atoms. The maximum absolute atomic E-state index is 12.8. The number of carbonyl (C=O) groups excluding carboxylic acids is 3. The molecule has 0 radical (unpaired) electrons. The molecule has 0 aliphatic carbocycles. The number of methoxy groups -OCH3 is 1. The van der Waals surface area contributed by atoms with E-state index in [0.717, 1.165) is 16.9 Å². The molecule has 3 rings (SSSR count). The van der Waals surface area contributed by atoms with Gasteiger partial charge in [-0.3, -0.25) is 19.3 Å². The largest absolute Gasteiger partial charge is 0.468 e. The Hall–Kier alpha value is -2.77. The highest BCUT2D eigenvalue weighted by atomic mass is 28.4. The zero-order chi connectivity index (χ0) is 26.6. The van der Waals surface area contributed by atoms with E-state index >= 15 is 0 Å². The third kappa shape index (κ3) is 5.32. The fourth-order valence-electron chi connectivity index (χ4n) is 5.81. The molecule has 0 saturated heterocycles. The van der Waals surface area contributed by atoms with Crippen LogP contribution >= 0.6 is 0 Å². The molecule has 1 unspecified atom stereocenters. The summed E-state index contributed by atoms with van der Waals surface area (Å²) in [6, 6.07) is 14.5. The van der Waals surface area contributed by atoms with Crippen molar-refractivity contribution in [1.29, 1.82) is 0 Å². The van der Waals surface area contributed by atoms with Crippen LogP contribution in [0.3, 0.4) is 0 Å². The van der Waals surface area contributed by atoms with Crippen molar-refractivity contribution in [2.24, 2.45) is 0 Å². The maximum atomic E-state index is 12.8. The Kier molecular flexibility index (Phi) is 8.90. The number of benzene rings is 2. The van der Waals surface area contributed by atoms with Crippen LogP contribution in [0, 0.1) is 0 Å². The van der Waals surface area contributed by atoms with Gasteiger partial charge in [0.25, 0.3) is 11.8 Å². The van der Waals surface area contributed by atoms with Gasteiger partial charge in [0.1, 0.15) is 0 Å². The molecular weight excluding hydrogens is 470 g/mol. The molecule has 1 aliphatic rings. The minimum atomic E-state index is -1.92. The van der Waals surface area contributed by atoms with Crippen LogP contribution in [-0.4, -0.2) is 51.3 Å². The van der Waals surface area contributed by atoms with Gasteiger partial charge < -0.3 is 9.16 Å². The summed E-state index contributed by atoms with van der Waals surface area (Å²) in [6.07, 6.45) is 0.780. The van der Waals surface area contributed by atoms with Crippen molar-refractivity contribution in [3.8, 4) is 0 Å². The van der Waals surface area contributed by atoms with Gasteiger partial charge in [0, 0.05) is 13.2 Å². The third-order valence-corrected chi connectivity index (χ3v) is 13.7. The van der Waals surface area contributed by atoms with Crippen LogP contribution in [0.4, 0.5) is 0 Å². The van der Waals surface area contributed by atoms with Crippen LogP contribution in [0.2, 0.25) is 16.6 Å². The standard InChI is InChI=1S/C29H39NO5Si/c1-19(2)36(20(3)4,21(5)6)35-17-16-22-12-14-23(15-13-22)26(29(33)34-7)18-30-27(31)24-10-8-9-11-25(24)28(30)32/h8-15,19-21,26H,16-18H2,1-7H3. The van der Waals surface area contributed by atoms with Gasteiger partial charge in [-0.2, -0.15) is 0 Å². The minimum absolute atomic E-state index is 0.0627. The van der Waals surface area contributed by atoms with E-state index < -0.39 is 20.2 Å². The number of hydrogen-bond acceptors (Lipinski definition) is 5. The first-order valence-corrected chi connectivity index (χ1v) is 14.9. The molecule has 36 heavy (non-hydrogen) atoms. The summed E-state index contributed by atoms with van der Waals surface area (Å²) in [5.74, 6) is -2.01. The summed E-state index contributed by atoms with van der Waals surface area (Å²) in [5, 5.41) is 0. The topological polar surface area (TPSA) is 72.9 Å².